The molecule has 1 heterocycles. The van der Waals surface area contributed by atoms with E-state index in [1.165, 1.54) is 0 Å². The SMILES string of the molecule is COc1ccc(NC(CO)c2cc(Br)cs2)cc1. The molecule has 2 aromatic rings. The van der Waals surface area contributed by atoms with Crippen LogP contribution in [0.5, 0.6) is 5.75 Å². The first-order valence-electron chi connectivity index (χ1n) is 5.48. The second kappa shape index (κ2) is 6.22. The third-order valence-corrected chi connectivity index (χ3v) is 4.35. The highest BCUT2D eigenvalue weighted by Crippen LogP contribution is 2.28. The van der Waals surface area contributed by atoms with Crippen molar-refractivity contribution >= 4 is 33.0 Å². The van der Waals surface area contributed by atoms with E-state index in [4.69, 9.17) is 4.74 Å². The zero-order chi connectivity index (χ0) is 13.0. The van der Waals surface area contributed by atoms with Crippen molar-refractivity contribution in [3.63, 3.8) is 0 Å². The molecular formula is C13H14BrNO2S. The minimum atomic E-state index is -0.0882. The predicted molar refractivity (Wildman–Crippen MR) is 78.5 cm³/mol. The molecule has 1 unspecified atom stereocenters. The summed E-state index contributed by atoms with van der Waals surface area (Å²) in [6.45, 7) is 0.0545. The van der Waals surface area contributed by atoms with Gasteiger partial charge in [-0.05, 0) is 46.3 Å². The molecule has 18 heavy (non-hydrogen) atoms. The van der Waals surface area contributed by atoms with Gasteiger partial charge in [0.05, 0.1) is 19.8 Å². The number of anilines is 1. The Morgan fingerprint density at radius 3 is 2.61 bits per heavy atom. The van der Waals surface area contributed by atoms with Gasteiger partial charge in [0, 0.05) is 20.4 Å². The largest absolute Gasteiger partial charge is 0.497 e. The smallest absolute Gasteiger partial charge is 0.119 e. The molecule has 0 aliphatic rings. The normalized spacial score (nSPS) is 12.2. The topological polar surface area (TPSA) is 41.5 Å². The molecule has 0 spiro atoms. The molecule has 2 rings (SSSR count). The van der Waals surface area contributed by atoms with Gasteiger partial charge in [-0.2, -0.15) is 0 Å². The van der Waals surface area contributed by atoms with Gasteiger partial charge in [0.25, 0.3) is 0 Å². The molecule has 5 heteroatoms. The van der Waals surface area contributed by atoms with Crippen molar-refractivity contribution in [3.8, 4) is 5.75 Å². The van der Waals surface area contributed by atoms with Crippen molar-refractivity contribution in [2.24, 2.45) is 0 Å². The van der Waals surface area contributed by atoms with E-state index in [1.54, 1.807) is 18.4 Å². The molecule has 0 saturated heterocycles. The molecule has 0 fully saturated rings. The number of rotatable bonds is 5. The van der Waals surface area contributed by atoms with Gasteiger partial charge in [-0.1, -0.05) is 0 Å². The molecular weight excluding hydrogens is 314 g/mol. The molecule has 0 aliphatic heterocycles. The van der Waals surface area contributed by atoms with E-state index in [-0.39, 0.29) is 12.6 Å². The molecule has 96 valence electrons. The van der Waals surface area contributed by atoms with Gasteiger partial charge in [0.2, 0.25) is 0 Å². The van der Waals surface area contributed by atoms with Crippen molar-refractivity contribution in [2.75, 3.05) is 19.0 Å². The van der Waals surface area contributed by atoms with Crippen molar-refractivity contribution in [1.29, 1.82) is 0 Å². The number of methoxy groups -OCH3 is 1. The van der Waals surface area contributed by atoms with Gasteiger partial charge in [0.1, 0.15) is 5.75 Å². The number of thiophene rings is 1. The third kappa shape index (κ3) is 3.25. The van der Waals surface area contributed by atoms with Crippen LogP contribution in [0.2, 0.25) is 0 Å². The van der Waals surface area contributed by atoms with Crippen LogP contribution in [0.15, 0.2) is 40.2 Å². The lowest BCUT2D eigenvalue weighted by Gasteiger charge is -2.16. The van der Waals surface area contributed by atoms with Gasteiger partial charge in [-0.25, -0.2) is 0 Å². The maximum Gasteiger partial charge on any atom is 0.119 e. The van der Waals surface area contributed by atoms with Gasteiger partial charge in [-0.15, -0.1) is 11.3 Å². The van der Waals surface area contributed by atoms with Crippen LogP contribution < -0.4 is 10.1 Å². The Hall–Kier alpha value is -1.04. The van der Waals surface area contributed by atoms with E-state index in [1.807, 2.05) is 35.7 Å². The number of hydrogen-bond donors (Lipinski definition) is 2. The zero-order valence-electron chi connectivity index (χ0n) is 9.89. The summed E-state index contributed by atoms with van der Waals surface area (Å²) in [6, 6.07) is 9.58. The summed E-state index contributed by atoms with van der Waals surface area (Å²) in [7, 11) is 1.64. The summed E-state index contributed by atoms with van der Waals surface area (Å²) in [6.07, 6.45) is 0. The monoisotopic (exact) mass is 327 g/mol. The van der Waals surface area contributed by atoms with Gasteiger partial charge in [-0.3, -0.25) is 0 Å². The van der Waals surface area contributed by atoms with Crippen LogP contribution in [-0.2, 0) is 0 Å². The lowest BCUT2D eigenvalue weighted by Crippen LogP contribution is -2.13. The number of aliphatic hydroxyl groups excluding tert-OH is 1. The Morgan fingerprint density at radius 1 is 1.39 bits per heavy atom. The van der Waals surface area contributed by atoms with Gasteiger partial charge >= 0.3 is 0 Å². The molecule has 2 N–H and O–H groups in total. The standard InChI is InChI=1S/C13H14BrNO2S/c1-17-11-4-2-10(3-5-11)15-12(7-16)13-6-9(14)8-18-13/h2-6,8,12,15-16H,7H2,1H3. The summed E-state index contributed by atoms with van der Waals surface area (Å²) in [5.74, 6) is 0.819. The second-order valence-electron chi connectivity index (χ2n) is 3.78. The van der Waals surface area contributed by atoms with E-state index in [2.05, 4.69) is 21.2 Å². The van der Waals surface area contributed by atoms with E-state index < -0.39 is 0 Å². The summed E-state index contributed by atoms with van der Waals surface area (Å²) in [4.78, 5) is 1.10. The highest BCUT2D eigenvalue weighted by atomic mass is 79.9. The van der Waals surface area contributed by atoms with Crippen LogP contribution >= 0.6 is 27.3 Å². The van der Waals surface area contributed by atoms with Crippen molar-refractivity contribution in [2.45, 2.75) is 6.04 Å². The third-order valence-electron chi connectivity index (χ3n) is 2.54. The molecule has 0 amide bonds. The van der Waals surface area contributed by atoms with Crippen LogP contribution in [0.25, 0.3) is 0 Å². The lowest BCUT2D eigenvalue weighted by atomic mass is 10.2. The average molecular weight is 328 g/mol. The number of nitrogens with one attached hydrogen (secondary N) is 1. The summed E-state index contributed by atoms with van der Waals surface area (Å²) >= 11 is 5.03. The first kappa shape index (κ1) is 13.4. The number of ether oxygens (including phenoxy) is 1. The Kier molecular flexibility index (Phi) is 4.63. The minimum absolute atomic E-state index is 0.0545. The highest BCUT2D eigenvalue weighted by molar-refractivity contribution is 9.10. The van der Waals surface area contributed by atoms with E-state index >= 15 is 0 Å². The summed E-state index contributed by atoms with van der Waals surface area (Å²) < 4.78 is 6.15. The lowest BCUT2D eigenvalue weighted by molar-refractivity contribution is 0.277. The van der Waals surface area contributed by atoms with Crippen LogP contribution in [-0.4, -0.2) is 18.8 Å². The van der Waals surface area contributed by atoms with Gasteiger partial charge in [0.15, 0.2) is 0 Å². The summed E-state index contributed by atoms with van der Waals surface area (Å²) in [5, 5.41) is 14.8. The number of halogens is 1. The van der Waals surface area contributed by atoms with Crippen molar-refractivity contribution in [3.05, 3.63) is 45.1 Å². The van der Waals surface area contributed by atoms with Crippen LogP contribution in [0, 0.1) is 0 Å². The fourth-order valence-corrected chi connectivity index (χ4v) is 3.09. The average Bonchev–Trinajstić information content (AvgIpc) is 2.83. The molecule has 1 aromatic carbocycles. The number of aliphatic hydroxyl groups is 1. The highest BCUT2D eigenvalue weighted by Gasteiger charge is 2.12. The van der Waals surface area contributed by atoms with E-state index in [0.29, 0.717) is 0 Å². The van der Waals surface area contributed by atoms with Crippen molar-refractivity contribution in [1.82, 2.24) is 0 Å². The number of hydrogen-bond acceptors (Lipinski definition) is 4. The predicted octanol–water partition coefficient (Wildman–Crippen LogP) is 3.66. The van der Waals surface area contributed by atoms with E-state index in [0.717, 1.165) is 20.8 Å². The van der Waals surface area contributed by atoms with Crippen molar-refractivity contribution < 1.29 is 9.84 Å². The molecule has 0 bridgehead atoms. The molecule has 0 radical (unpaired) electrons. The summed E-state index contributed by atoms with van der Waals surface area (Å²) in [5.41, 5.74) is 0.958. The Balaban J connectivity index is 2.10. The van der Waals surface area contributed by atoms with E-state index in [9.17, 15) is 5.11 Å². The fraction of sp³-hybridized carbons (Fsp3) is 0.231. The quantitative estimate of drug-likeness (QED) is 0.880. The first-order valence-corrected chi connectivity index (χ1v) is 7.15. The molecule has 3 nitrogen and oxygen atoms in total. The second-order valence-corrected chi connectivity index (χ2v) is 5.63. The van der Waals surface area contributed by atoms with Crippen LogP contribution in [0.1, 0.15) is 10.9 Å². The molecule has 1 aromatic heterocycles. The molecule has 0 saturated carbocycles. The van der Waals surface area contributed by atoms with Crippen LogP contribution in [0.3, 0.4) is 0 Å². The first-order chi connectivity index (χ1) is 8.72. The Morgan fingerprint density at radius 2 is 2.11 bits per heavy atom. The maximum absolute atomic E-state index is 9.45. The van der Waals surface area contributed by atoms with Crippen LogP contribution in [0.4, 0.5) is 5.69 Å². The zero-order valence-corrected chi connectivity index (χ0v) is 12.3. The Bertz CT molecular complexity index is 498. The minimum Gasteiger partial charge on any atom is -0.497 e. The Labute approximate surface area is 119 Å². The maximum atomic E-state index is 9.45. The number of benzene rings is 1. The fourth-order valence-electron chi connectivity index (χ4n) is 1.61. The van der Waals surface area contributed by atoms with Gasteiger partial charge < -0.3 is 15.2 Å². The molecule has 0 aliphatic carbocycles. The molecule has 1 atom stereocenters.